The molecule has 3 heteroatoms. The highest BCUT2D eigenvalue weighted by Crippen LogP contribution is 2.29. The molecule has 1 N–H and O–H groups in total. The third-order valence-corrected chi connectivity index (χ3v) is 4.45. The summed E-state index contributed by atoms with van der Waals surface area (Å²) in [4.78, 5) is 2.75. The fourth-order valence-corrected chi connectivity index (χ4v) is 3.61. The summed E-state index contributed by atoms with van der Waals surface area (Å²) < 4.78 is 5.54. The monoisotopic (exact) mass is 240 g/mol. The molecule has 0 bridgehead atoms. The molecule has 17 heavy (non-hydrogen) atoms. The summed E-state index contributed by atoms with van der Waals surface area (Å²) in [7, 11) is 0. The molecule has 0 amide bonds. The molecule has 2 fully saturated rings. The number of ether oxygens (including phenoxy) is 1. The molecule has 0 saturated carbocycles. The highest BCUT2D eigenvalue weighted by molar-refractivity contribution is 4.89. The Labute approximate surface area is 106 Å². The predicted molar refractivity (Wildman–Crippen MR) is 71.3 cm³/mol. The van der Waals surface area contributed by atoms with Gasteiger partial charge in [0.15, 0.2) is 0 Å². The van der Waals surface area contributed by atoms with Crippen molar-refractivity contribution in [1.29, 1.82) is 0 Å². The molecular weight excluding hydrogens is 212 g/mol. The second-order valence-electron chi connectivity index (χ2n) is 5.75. The van der Waals surface area contributed by atoms with E-state index in [4.69, 9.17) is 4.74 Å². The maximum atomic E-state index is 5.54. The molecule has 0 spiro atoms. The number of hydrogen-bond acceptors (Lipinski definition) is 3. The lowest BCUT2D eigenvalue weighted by Crippen LogP contribution is -2.48. The van der Waals surface area contributed by atoms with Crippen LogP contribution in [0.4, 0.5) is 0 Å². The first-order valence-corrected chi connectivity index (χ1v) is 7.31. The maximum absolute atomic E-state index is 5.54. The number of rotatable bonds is 4. The Morgan fingerprint density at radius 1 is 1.41 bits per heavy atom. The van der Waals surface area contributed by atoms with Crippen molar-refractivity contribution in [2.45, 2.75) is 70.6 Å². The van der Waals surface area contributed by atoms with Crippen LogP contribution in [0.3, 0.4) is 0 Å². The molecule has 0 aromatic rings. The minimum absolute atomic E-state index is 0.559. The molecule has 0 aliphatic carbocycles. The molecule has 4 atom stereocenters. The van der Waals surface area contributed by atoms with Crippen LogP contribution < -0.4 is 5.32 Å². The molecule has 4 unspecified atom stereocenters. The van der Waals surface area contributed by atoms with Gasteiger partial charge in [-0.15, -0.1) is 0 Å². The second-order valence-corrected chi connectivity index (χ2v) is 5.75. The molecule has 2 rings (SSSR count). The van der Waals surface area contributed by atoms with Crippen LogP contribution in [0.2, 0.25) is 0 Å². The zero-order valence-corrected chi connectivity index (χ0v) is 11.6. The van der Waals surface area contributed by atoms with Crippen molar-refractivity contribution < 1.29 is 4.74 Å². The first-order chi connectivity index (χ1) is 8.22. The summed E-state index contributed by atoms with van der Waals surface area (Å²) in [6, 6.07) is 2.81. The van der Waals surface area contributed by atoms with Gasteiger partial charge in [-0.05, 0) is 39.5 Å². The summed E-state index contributed by atoms with van der Waals surface area (Å²) in [5, 5.41) is 3.57. The Hall–Kier alpha value is -0.120. The van der Waals surface area contributed by atoms with Crippen LogP contribution in [0.1, 0.15) is 46.5 Å². The largest absolute Gasteiger partial charge is 0.379 e. The summed E-state index contributed by atoms with van der Waals surface area (Å²) >= 11 is 0. The molecule has 3 nitrogen and oxygen atoms in total. The number of nitrogens with zero attached hydrogens (tertiary/aromatic N) is 1. The molecule has 100 valence electrons. The Kier molecular flexibility index (Phi) is 4.83. The van der Waals surface area contributed by atoms with Crippen molar-refractivity contribution in [2.75, 3.05) is 19.8 Å². The average molecular weight is 240 g/mol. The summed E-state index contributed by atoms with van der Waals surface area (Å²) in [6.45, 7) is 9.89. The van der Waals surface area contributed by atoms with Crippen LogP contribution in [0.15, 0.2) is 0 Å². The van der Waals surface area contributed by atoms with E-state index in [1.165, 1.54) is 25.7 Å². The minimum atomic E-state index is 0.559. The molecule has 0 aromatic carbocycles. The number of morpholine rings is 1. The quantitative estimate of drug-likeness (QED) is 0.813. The lowest BCUT2D eigenvalue weighted by atomic mass is 10.0. The Bertz CT molecular complexity index is 228. The van der Waals surface area contributed by atoms with Crippen molar-refractivity contribution in [2.24, 2.45) is 0 Å². The van der Waals surface area contributed by atoms with E-state index in [0.29, 0.717) is 12.1 Å². The normalized spacial score (nSPS) is 37.2. The van der Waals surface area contributed by atoms with Crippen LogP contribution in [0.5, 0.6) is 0 Å². The fraction of sp³-hybridized carbons (Fsp3) is 1.00. The van der Waals surface area contributed by atoms with Crippen molar-refractivity contribution in [1.82, 2.24) is 10.2 Å². The SMILES string of the molecule is CCC1CCC(C)N1C(C)CC1COCCN1. The second kappa shape index (κ2) is 6.17. The molecule has 2 heterocycles. The topological polar surface area (TPSA) is 24.5 Å². The lowest BCUT2D eigenvalue weighted by molar-refractivity contribution is 0.0544. The Morgan fingerprint density at radius 2 is 2.24 bits per heavy atom. The average Bonchev–Trinajstić information content (AvgIpc) is 2.71. The van der Waals surface area contributed by atoms with Crippen molar-refractivity contribution in [3.05, 3.63) is 0 Å². The number of likely N-dealkylation sites (tertiary alicyclic amines) is 1. The summed E-state index contributed by atoms with van der Waals surface area (Å²) in [5.41, 5.74) is 0. The Balaban J connectivity index is 1.86. The van der Waals surface area contributed by atoms with Crippen molar-refractivity contribution in [3.63, 3.8) is 0 Å². The van der Waals surface area contributed by atoms with Gasteiger partial charge in [-0.2, -0.15) is 0 Å². The smallest absolute Gasteiger partial charge is 0.0620 e. The molecule has 0 aromatic heterocycles. The van der Waals surface area contributed by atoms with Gasteiger partial charge in [0.05, 0.1) is 13.2 Å². The van der Waals surface area contributed by atoms with Crippen molar-refractivity contribution in [3.8, 4) is 0 Å². The van der Waals surface area contributed by atoms with Crippen LogP contribution in [-0.2, 0) is 4.74 Å². The van der Waals surface area contributed by atoms with E-state index in [9.17, 15) is 0 Å². The maximum Gasteiger partial charge on any atom is 0.0620 e. The highest BCUT2D eigenvalue weighted by Gasteiger charge is 2.33. The van der Waals surface area contributed by atoms with Gasteiger partial charge in [0, 0.05) is 30.7 Å². The number of nitrogens with one attached hydrogen (secondary N) is 1. The lowest BCUT2D eigenvalue weighted by Gasteiger charge is -2.36. The summed E-state index contributed by atoms with van der Waals surface area (Å²) in [5.74, 6) is 0. The van der Waals surface area contributed by atoms with Crippen LogP contribution >= 0.6 is 0 Å². The van der Waals surface area contributed by atoms with Gasteiger partial charge in [0.1, 0.15) is 0 Å². The first kappa shape index (κ1) is 13.3. The van der Waals surface area contributed by atoms with E-state index in [1.807, 2.05) is 0 Å². The molecular formula is C14H28N2O. The van der Waals surface area contributed by atoms with Gasteiger partial charge >= 0.3 is 0 Å². The number of hydrogen-bond donors (Lipinski definition) is 1. The van der Waals surface area contributed by atoms with E-state index in [2.05, 4.69) is 31.0 Å². The van der Waals surface area contributed by atoms with E-state index in [0.717, 1.165) is 31.8 Å². The standard InChI is InChI=1S/C14H28N2O/c1-4-14-6-5-11(2)16(14)12(3)9-13-10-17-8-7-15-13/h11-15H,4-10H2,1-3H3. The van der Waals surface area contributed by atoms with Gasteiger partial charge in [-0.3, -0.25) is 4.90 Å². The van der Waals surface area contributed by atoms with E-state index >= 15 is 0 Å². The highest BCUT2D eigenvalue weighted by atomic mass is 16.5. The van der Waals surface area contributed by atoms with Gasteiger partial charge in [0.2, 0.25) is 0 Å². The van der Waals surface area contributed by atoms with Crippen LogP contribution in [0.25, 0.3) is 0 Å². The summed E-state index contributed by atoms with van der Waals surface area (Å²) in [6.07, 6.45) is 5.28. The van der Waals surface area contributed by atoms with E-state index < -0.39 is 0 Å². The zero-order chi connectivity index (χ0) is 12.3. The van der Waals surface area contributed by atoms with E-state index in [-0.39, 0.29) is 0 Å². The minimum Gasteiger partial charge on any atom is -0.379 e. The van der Waals surface area contributed by atoms with Gasteiger partial charge in [-0.1, -0.05) is 6.92 Å². The third kappa shape index (κ3) is 3.21. The fourth-order valence-electron chi connectivity index (χ4n) is 3.61. The molecule has 2 aliphatic heterocycles. The Morgan fingerprint density at radius 3 is 2.88 bits per heavy atom. The molecule has 0 radical (unpaired) electrons. The molecule has 2 aliphatic rings. The van der Waals surface area contributed by atoms with Crippen LogP contribution in [0, 0.1) is 0 Å². The zero-order valence-electron chi connectivity index (χ0n) is 11.6. The van der Waals surface area contributed by atoms with E-state index in [1.54, 1.807) is 0 Å². The first-order valence-electron chi connectivity index (χ1n) is 7.31. The van der Waals surface area contributed by atoms with Crippen LogP contribution in [-0.4, -0.2) is 48.8 Å². The van der Waals surface area contributed by atoms with Gasteiger partial charge in [0.25, 0.3) is 0 Å². The third-order valence-electron chi connectivity index (χ3n) is 4.45. The predicted octanol–water partition coefficient (Wildman–Crippen LogP) is 2.02. The molecule has 2 saturated heterocycles. The van der Waals surface area contributed by atoms with Crippen molar-refractivity contribution >= 4 is 0 Å². The van der Waals surface area contributed by atoms with Gasteiger partial charge < -0.3 is 10.1 Å². The van der Waals surface area contributed by atoms with Gasteiger partial charge in [-0.25, -0.2) is 0 Å².